The van der Waals surface area contributed by atoms with Crippen LogP contribution >= 0.6 is 0 Å². The molecule has 0 spiro atoms. The Kier molecular flexibility index (Phi) is 6.88. The molecule has 3 atom stereocenters. The van der Waals surface area contributed by atoms with Crippen LogP contribution < -0.4 is 16.0 Å². The molecule has 5 N–H and O–H groups in total. The summed E-state index contributed by atoms with van der Waals surface area (Å²) >= 11 is 0. The number of aliphatic carboxylic acids is 1. The highest BCUT2D eigenvalue weighted by atomic mass is 16.4. The first-order valence-corrected chi connectivity index (χ1v) is 10.3. The molecule has 0 saturated carbocycles. The number of carboxylic acid groups (broad SMARTS) is 1. The van der Waals surface area contributed by atoms with Gasteiger partial charge < -0.3 is 26.0 Å². The average molecular weight is 429 g/mol. The van der Waals surface area contributed by atoms with E-state index in [0.717, 1.165) is 0 Å². The summed E-state index contributed by atoms with van der Waals surface area (Å²) in [6.07, 6.45) is 0.837. The number of imidazole rings is 1. The van der Waals surface area contributed by atoms with Crippen molar-refractivity contribution in [2.24, 2.45) is 11.8 Å². The van der Waals surface area contributed by atoms with Crippen LogP contribution in [0.4, 0.5) is 0 Å². The van der Waals surface area contributed by atoms with Crippen LogP contribution in [0, 0.1) is 11.8 Å². The molecule has 1 aliphatic heterocycles. The number of H-pyrrole nitrogens is 1. The predicted molar refractivity (Wildman–Crippen MR) is 112 cm³/mol. The van der Waals surface area contributed by atoms with E-state index in [1.165, 1.54) is 0 Å². The first-order chi connectivity index (χ1) is 14.7. The van der Waals surface area contributed by atoms with Crippen LogP contribution in [0.5, 0.6) is 0 Å². The maximum Gasteiger partial charge on any atom is 0.326 e. The number of aromatic nitrogens is 2. The number of nitrogens with one attached hydrogen (secondary N) is 4. The third-order valence-electron chi connectivity index (χ3n) is 5.23. The van der Waals surface area contributed by atoms with Crippen LogP contribution in [0.15, 0.2) is 24.3 Å². The fourth-order valence-electron chi connectivity index (χ4n) is 3.64. The summed E-state index contributed by atoms with van der Waals surface area (Å²) in [6.45, 7) is 4.28. The molecule has 0 radical (unpaired) electrons. The fraction of sp³-hybridized carbons (Fsp3) is 0.476. The largest absolute Gasteiger partial charge is 0.480 e. The van der Waals surface area contributed by atoms with Gasteiger partial charge >= 0.3 is 5.97 Å². The summed E-state index contributed by atoms with van der Waals surface area (Å²) in [5.74, 6) is -2.92. The van der Waals surface area contributed by atoms with Gasteiger partial charge in [0.25, 0.3) is 5.91 Å². The zero-order valence-corrected chi connectivity index (χ0v) is 17.5. The number of carbonyl (C=O) groups is 4. The van der Waals surface area contributed by atoms with Gasteiger partial charge in [-0.2, -0.15) is 0 Å². The van der Waals surface area contributed by atoms with Crippen LogP contribution in [-0.2, 0) is 14.4 Å². The van der Waals surface area contributed by atoms with E-state index >= 15 is 0 Å². The Morgan fingerprint density at radius 1 is 1.19 bits per heavy atom. The van der Waals surface area contributed by atoms with E-state index in [0.29, 0.717) is 30.4 Å². The van der Waals surface area contributed by atoms with Crippen LogP contribution in [0.2, 0.25) is 0 Å². The molecule has 0 bridgehead atoms. The van der Waals surface area contributed by atoms with Gasteiger partial charge in [-0.25, -0.2) is 9.78 Å². The molecule has 2 unspecified atom stereocenters. The van der Waals surface area contributed by atoms with E-state index in [1.807, 2.05) is 19.9 Å². The van der Waals surface area contributed by atoms with E-state index in [-0.39, 0.29) is 24.1 Å². The lowest BCUT2D eigenvalue weighted by molar-refractivity contribution is -0.142. The second kappa shape index (κ2) is 9.59. The minimum atomic E-state index is -1.22. The van der Waals surface area contributed by atoms with Crippen molar-refractivity contribution in [3.8, 4) is 0 Å². The van der Waals surface area contributed by atoms with E-state index in [9.17, 15) is 24.3 Å². The lowest BCUT2D eigenvalue weighted by Gasteiger charge is -2.23. The Labute approximate surface area is 179 Å². The molecule has 2 aromatic rings. The van der Waals surface area contributed by atoms with Gasteiger partial charge in [0.05, 0.1) is 11.0 Å². The van der Waals surface area contributed by atoms with Gasteiger partial charge in [0.2, 0.25) is 11.8 Å². The second-order valence-corrected chi connectivity index (χ2v) is 8.17. The molecule has 3 amide bonds. The molecule has 166 valence electrons. The smallest absolute Gasteiger partial charge is 0.326 e. The van der Waals surface area contributed by atoms with Crippen molar-refractivity contribution in [1.82, 2.24) is 25.9 Å². The Morgan fingerprint density at radius 2 is 1.94 bits per heavy atom. The minimum Gasteiger partial charge on any atom is -0.480 e. The van der Waals surface area contributed by atoms with Gasteiger partial charge in [0.1, 0.15) is 12.1 Å². The lowest BCUT2D eigenvalue weighted by atomic mass is 9.97. The number of nitrogens with zero attached hydrogens (tertiary/aromatic N) is 1. The Hall–Kier alpha value is -3.43. The molecule has 1 saturated heterocycles. The quantitative estimate of drug-likeness (QED) is 0.397. The summed E-state index contributed by atoms with van der Waals surface area (Å²) in [5, 5.41) is 17.3. The first kappa shape index (κ1) is 22.3. The molecule has 1 aromatic heterocycles. The third kappa shape index (κ3) is 5.59. The summed E-state index contributed by atoms with van der Waals surface area (Å²) in [7, 11) is 0. The minimum absolute atomic E-state index is 0.00117. The Morgan fingerprint density at radius 3 is 2.55 bits per heavy atom. The number of benzene rings is 1. The van der Waals surface area contributed by atoms with Gasteiger partial charge in [-0.3, -0.25) is 14.4 Å². The number of fused-ring (bicyclic) bond motifs is 1. The van der Waals surface area contributed by atoms with Crippen LogP contribution in [0.25, 0.3) is 11.0 Å². The maximum absolute atomic E-state index is 12.9. The lowest BCUT2D eigenvalue weighted by Crippen LogP contribution is -2.52. The van der Waals surface area contributed by atoms with Crippen molar-refractivity contribution in [2.45, 2.75) is 45.2 Å². The summed E-state index contributed by atoms with van der Waals surface area (Å²) in [5.41, 5.74) is 1.32. The Balaban J connectivity index is 1.70. The highest BCUT2D eigenvalue weighted by Crippen LogP contribution is 2.17. The van der Waals surface area contributed by atoms with Crippen molar-refractivity contribution in [1.29, 1.82) is 0 Å². The number of carbonyl (C=O) groups excluding carboxylic acids is 3. The number of carboxylic acids is 1. The van der Waals surface area contributed by atoms with Crippen molar-refractivity contribution in [3.63, 3.8) is 0 Å². The highest BCUT2D eigenvalue weighted by Gasteiger charge is 2.33. The van der Waals surface area contributed by atoms with Gasteiger partial charge in [-0.05, 0) is 37.3 Å². The van der Waals surface area contributed by atoms with E-state index < -0.39 is 35.8 Å². The van der Waals surface area contributed by atoms with Gasteiger partial charge in [0.15, 0.2) is 5.82 Å². The highest BCUT2D eigenvalue weighted by molar-refractivity contribution is 5.97. The summed E-state index contributed by atoms with van der Waals surface area (Å²) < 4.78 is 0. The number of hydrogen-bond donors (Lipinski definition) is 5. The molecular weight excluding hydrogens is 402 g/mol. The van der Waals surface area contributed by atoms with E-state index in [1.54, 1.807) is 18.2 Å². The number of rotatable bonds is 9. The summed E-state index contributed by atoms with van der Waals surface area (Å²) in [6, 6.07) is 5.00. The molecule has 10 heteroatoms. The number of aromatic amines is 1. The normalized spacial score (nSPS) is 17.9. The molecule has 31 heavy (non-hydrogen) atoms. The van der Waals surface area contributed by atoms with E-state index in [2.05, 4.69) is 25.9 Å². The molecule has 1 fully saturated rings. The average Bonchev–Trinajstić information content (AvgIpc) is 3.32. The fourth-order valence-corrected chi connectivity index (χ4v) is 3.64. The molecule has 10 nitrogen and oxygen atoms in total. The number of hydrogen-bond acceptors (Lipinski definition) is 5. The molecule has 0 aliphatic carbocycles. The van der Waals surface area contributed by atoms with Crippen molar-refractivity contribution >= 4 is 34.7 Å². The molecule has 2 heterocycles. The van der Waals surface area contributed by atoms with Gasteiger partial charge in [0, 0.05) is 12.5 Å². The van der Waals surface area contributed by atoms with Crippen molar-refractivity contribution in [3.05, 3.63) is 30.1 Å². The van der Waals surface area contributed by atoms with E-state index in [4.69, 9.17) is 0 Å². The predicted octanol–water partition coefficient (Wildman–Crippen LogP) is 0.803. The molecule has 3 rings (SSSR count). The zero-order chi connectivity index (χ0) is 22.5. The SMILES string of the molecule is CC(C)CC(NC(=O)c1nc2ccccc2[nH]1)C(=O)NC(C[C@@H]1CCNC1=O)C(=O)O. The van der Waals surface area contributed by atoms with Crippen molar-refractivity contribution in [2.75, 3.05) is 6.54 Å². The van der Waals surface area contributed by atoms with Crippen LogP contribution in [-0.4, -0.2) is 57.4 Å². The second-order valence-electron chi connectivity index (χ2n) is 8.17. The van der Waals surface area contributed by atoms with Crippen LogP contribution in [0.3, 0.4) is 0 Å². The first-order valence-electron chi connectivity index (χ1n) is 10.3. The van der Waals surface area contributed by atoms with Gasteiger partial charge in [-0.1, -0.05) is 26.0 Å². The molecular formula is C21H27N5O5. The van der Waals surface area contributed by atoms with Crippen molar-refractivity contribution < 1.29 is 24.3 Å². The molecule has 1 aromatic carbocycles. The Bertz CT molecular complexity index is 952. The van der Waals surface area contributed by atoms with Crippen LogP contribution in [0.1, 0.15) is 43.7 Å². The third-order valence-corrected chi connectivity index (χ3v) is 5.23. The molecule has 1 aliphatic rings. The number of para-hydroxylation sites is 2. The number of amides is 3. The topological polar surface area (TPSA) is 153 Å². The zero-order valence-electron chi connectivity index (χ0n) is 17.5. The van der Waals surface area contributed by atoms with Gasteiger partial charge in [-0.15, -0.1) is 0 Å². The maximum atomic E-state index is 12.9. The summed E-state index contributed by atoms with van der Waals surface area (Å²) in [4.78, 5) is 56.2. The monoisotopic (exact) mass is 429 g/mol. The standard InChI is InChI=1S/C21H27N5O5/c1-11(2)9-15(25-20(29)17-23-13-5-3-4-6-14(13)24-17)19(28)26-16(21(30)31)10-12-7-8-22-18(12)27/h3-6,11-12,15-16H,7-10H2,1-2H3,(H,22,27)(H,23,24)(H,25,29)(H,26,28)(H,30,31)/t12-,15?,16?/m0/s1.